The maximum absolute atomic E-state index is 12.2. The minimum Gasteiger partial charge on any atom is -0.484 e. The number of hydrogen-bond donors (Lipinski definition) is 1. The lowest BCUT2D eigenvalue weighted by atomic mass is 9.98. The molecule has 1 heterocycles. The van der Waals surface area contributed by atoms with E-state index in [9.17, 15) is 4.79 Å². The van der Waals surface area contributed by atoms with Gasteiger partial charge in [0.15, 0.2) is 6.61 Å². The SMILES string of the molecule is CC1CCN(c2ccc(C(C)NC(=O)COc3cccc(Cl)c3)cc2)CC1. The van der Waals surface area contributed by atoms with Gasteiger partial charge in [0.2, 0.25) is 0 Å². The average Bonchev–Trinajstić information content (AvgIpc) is 2.67. The third-order valence-electron chi connectivity index (χ3n) is 5.09. The van der Waals surface area contributed by atoms with E-state index in [2.05, 4.69) is 41.4 Å². The van der Waals surface area contributed by atoms with Crippen LogP contribution in [0.5, 0.6) is 5.75 Å². The number of carbonyl (C=O) groups is 1. The molecule has 3 rings (SSSR count). The number of anilines is 1. The summed E-state index contributed by atoms with van der Waals surface area (Å²) < 4.78 is 5.49. The number of piperidine rings is 1. The van der Waals surface area contributed by atoms with Crippen molar-refractivity contribution < 1.29 is 9.53 Å². The van der Waals surface area contributed by atoms with E-state index in [-0.39, 0.29) is 18.6 Å². The highest BCUT2D eigenvalue weighted by molar-refractivity contribution is 6.30. The van der Waals surface area contributed by atoms with Crippen LogP contribution in [0.25, 0.3) is 0 Å². The Morgan fingerprint density at radius 1 is 1.22 bits per heavy atom. The summed E-state index contributed by atoms with van der Waals surface area (Å²) in [7, 11) is 0. The molecule has 1 amide bonds. The van der Waals surface area contributed by atoms with Crippen LogP contribution >= 0.6 is 11.6 Å². The van der Waals surface area contributed by atoms with Crippen molar-refractivity contribution in [2.45, 2.75) is 32.7 Å². The van der Waals surface area contributed by atoms with E-state index in [1.807, 2.05) is 6.92 Å². The Bertz CT molecular complexity index is 755. The van der Waals surface area contributed by atoms with Crippen molar-refractivity contribution >= 4 is 23.2 Å². The first-order chi connectivity index (χ1) is 13.0. The van der Waals surface area contributed by atoms with Crippen LogP contribution in [-0.2, 0) is 4.79 Å². The molecule has 0 spiro atoms. The standard InChI is InChI=1S/C22H27ClN2O2/c1-16-10-12-25(13-11-16)20-8-6-18(7-9-20)17(2)24-22(26)15-27-21-5-3-4-19(23)14-21/h3-9,14,16-17H,10-13,15H2,1-2H3,(H,24,26). The fourth-order valence-corrected chi connectivity index (χ4v) is 3.49. The van der Waals surface area contributed by atoms with Crippen LogP contribution in [0.3, 0.4) is 0 Å². The van der Waals surface area contributed by atoms with Crippen LogP contribution in [0.15, 0.2) is 48.5 Å². The topological polar surface area (TPSA) is 41.6 Å². The Labute approximate surface area is 166 Å². The fraction of sp³-hybridized carbons (Fsp3) is 0.409. The molecule has 1 N–H and O–H groups in total. The van der Waals surface area contributed by atoms with Gasteiger partial charge in [-0.15, -0.1) is 0 Å². The molecular formula is C22H27ClN2O2. The van der Waals surface area contributed by atoms with Crippen LogP contribution in [0.1, 0.15) is 38.3 Å². The molecule has 1 atom stereocenters. The summed E-state index contributed by atoms with van der Waals surface area (Å²) in [6.45, 7) is 6.51. The highest BCUT2D eigenvalue weighted by Crippen LogP contribution is 2.24. The van der Waals surface area contributed by atoms with Crippen molar-refractivity contribution in [3.63, 3.8) is 0 Å². The molecule has 2 aromatic carbocycles. The number of hydrogen-bond acceptors (Lipinski definition) is 3. The first-order valence-corrected chi connectivity index (χ1v) is 9.91. The predicted molar refractivity (Wildman–Crippen MR) is 111 cm³/mol. The summed E-state index contributed by atoms with van der Waals surface area (Å²) >= 11 is 5.92. The second kappa shape index (κ2) is 9.14. The number of rotatable bonds is 6. The normalized spacial score (nSPS) is 16.0. The minimum atomic E-state index is -0.156. The van der Waals surface area contributed by atoms with E-state index in [0.717, 1.165) is 24.6 Å². The average molecular weight is 387 g/mol. The summed E-state index contributed by atoms with van der Waals surface area (Å²) in [5.74, 6) is 1.26. The van der Waals surface area contributed by atoms with E-state index >= 15 is 0 Å². The molecule has 0 aromatic heterocycles. The third-order valence-corrected chi connectivity index (χ3v) is 5.32. The van der Waals surface area contributed by atoms with Crippen LogP contribution in [-0.4, -0.2) is 25.6 Å². The number of halogens is 1. The molecule has 1 aliphatic rings. The Morgan fingerprint density at radius 2 is 1.93 bits per heavy atom. The van der Waals surface area contributed by atoms with Gasteiger partial charge in [-0.2, -0.15) is 0 Å². The van der Waals surface area contributed by atoms with Gasteiger partial charge in [-0.3, -0.25) is 4.79 Å². The minimum absolute atomic E-state index is 0.0330. The molecule has 2 aromatic rings. The zero-order valence-electron chi connectivity index (χ0n) is 16.0. The van der Waals surface area contributed by atoms with Crippen molar-refractivity contribution in [3.05, 3.63) is 59.1 Å². The Hall–Kier alpha value is -2.20. The second-order valence-electron chi connectivity index (χ2n) is 7.30. The molecule has 1 fully saturated rings. The van der Waals surface area contributed by atoms with Gasteiger partial charge in [0.1, 0.15) is 5.75 Å². The molecule has 1 aliphatic heterocycles. The molecule has 0 radical (unpaired) electrons. The van der Waals surface area contributed by atoms with E-state index in [4.69, 9.17) is 16.3 Å². The number of nitrogens with one attached hydrogen (secondary N) is 1. The molecule has 1 saturated heterocycles. The lowest BCUT2D eigenvalue weighted by molar-refractivity contribution is -0.123. The van der Waals surface area contributed by atoms with E-state index in [0.29, 0.717) is 10.8 Å². The summed E-state index contributed by atoms with van der Waals surface area (Å²) in [4.78, 5) is 14.6. The van der Waals surface area contributed by atoms with Gasteiger partial charge in [0.25, 0.3) is 5.91 Å². The van der Waals surface area contributed by atoms with Crippen molar-refractivity contribution in [1.29, 1.82) is 0 Å². The maximum atomic E-state index is 12.2. The van der Waals surface area contributed by atoms with E-state index < -0.39 is 0 Å². The Morgan fingerprint density at radius 3 is 2.59 bits per heavy atom. The summed E-state index contributed by atoms with van der Waals surface area (Å²) in [5, 5.41) is 3.56. The Kier molecular flexibility index (Phi) is 6.62. The van der Waals surface area contributed by atoms with E-state index in [1.54, 1.807) is 24.3 Å². The summed E-state index contributed by atoms with van der Waals surface area (Å²) in [6, 6.07) is 15.4. The van der Waals surface area contributed by atoms with Gasteiger partial charge in [-0.25, -0.2) is 0 Å². The molecule has 5 heteroatoms. The zero-order chi connectivity index (χ0) is 19.2. The number of amides is 1. The first kappa shape index (κ1) is 19.6. The lowest BCUT2D eigenvalue weighted by Gasteiger charge is -2.32. The number of ether oxygens (including phenoxy) is 1. The molecule has 0 saturated carbocycles. The molecule has 0 bridgehead atoms. The summed E-state index contributed by atoms with van der Waals surface area (Å²) in [6.07, 6.45) is 2.50. The lowest BCUT2D eigenvalue weighted by Crippen LogP contribution is -2.33. The molecule has 0 aliphatic carbocycles. The highest BCUT2D eigenvalue weighted by Gasteiger charge is 2.16. The third kappa shape index (κ3) is 5.64. The summed E-state index contributed by atoms with van der Waals surface area (Å²) in [5.41, 5.74) is 2.34. The molecule has 144 valence electrons. The predicted octanol–water partition coefficient (Wildman–Crippen LogP) is 4.83. The molecule has 27 heavy (non-hydrogen) atoms. The Balaban J connectivity index is 1.50. The second-order valence-corrected chi connectivity index (χ2v) is 7.73. The largest absolute Gasteiger partial charge is 0.484 e. The van der Waals surface area contributed by atoms with Gasteiger partial charge >= 0.3 is 0 Å². The number of benzene rings is 2. The molecule has 4 nitrogen and oxygen atoms in total. The van der Waals surface area contributed by atoms with Crippen LogP contribution in [0, 0.1) is 5.92 Å². The maximum Gasteiger partial charge on any atom is 0.258 e. The van der Waals surface area contributed by atoms with Gasteiger partial charge in [-0.05, 0) is 61.6 Å². The van der Waals surface area contributed by atoms with Crippen molar-refractivity contribution in [2.75, 3.05) is 24.6 Å². The quantitative estimate of drug-likeness (QED) is 0.772. The van der Waals surface area contributed by atoms with Gasteiger partial charge in [0, 0.05) is 23.8 Å². The van der Waals surface area contributed by atoms with E-state index in [1.165, 1.54) is 18.5 Å². The van der Waals surface area contributed by atoms with Crippen LogP contribution < -0.4 is 15.0 Å². The number of nitrogens with zero attached hydrogens (tertiary/aromatic N) is 1. The van der Waals surface area contributed by atoms with Crippen molar-refractivity contribution in [3.8, 4) is 5.75 Å². The van der Waals surface area contributed by atoms with Gasteiger partial charge in [0.05, 0.1) is 6.04 Å². The van der Waals surface area contributed by atoms with Crippen LogP contribution in [0.2, 0.25) is 5.02 Å². The van der Waals surface area contributed by atoms with Crippen molar-refractivity contribution in [1.82, 2.24) is 5.32 Å². The zero-order valence-corrected chi connectivity index (χ0v) is 16.7. The van der Waals surface area contributed by atoms with Gasteiger partial charge in [-0.1, -0.05) is 36.7 Å². The fourth-order valence-electron chi connectivity index (χ4n) is 3.31. The van der Waals surface area contributed by atoms with Crippen LogP contribution in [0.4, 0.5) is 5.69 Å². The van der Waals surface area contributed by atoms with Crippen molar-refractivity contribution in [2.24, 2.45) is 5.92 Å². The monoisotopic (exact) mass is 386 g/mol. The molecular weight excluding hydrogens is 360 g/mol. The first-order valence-electron chi connectivity index (χ1n) is 9.54. The smallest absolute Gasteiger partial charge is 0.258 e. The van der Waals surface area contributed by atoms with Gasteiger partial charge < -0.3 is 15.0 Å². The highest BCUT2D eigenvalue weighted by atomic mass is 35.5. The molecule has 1 unspecified atom stereocenters. The number of carbonyl (C=O) groups excluding carboxylic acids is 1.